The Morgan fingerprint density at radius 1 is 1.28 bits per heavy atom. The Bertz CT molecular complexity index is 369. The molecule has 0 unspecified atom stereocenters. The van der Waals surface area contributed by atoms with Gasteiger partial charge in [0.25, 0.3) is 0 Å². The molecule has 4 heteroatoms. The molecule has 1 aromatic carbocycles. The van der Waals surface area contributed by atoms with Crippen molar-refractivity contribution in [3.8, 4) is 5.75 Å². The minimum absolute atomic E-state index is 0.630. The minimum Gasteiger partial charge on any atom is -0.493 e. The van der Waals surface area contributed by atoms with Crippen LogP contribution in [0.15, 0.2) is 16.6 Å². The fourth-order valence-electron chi connectivity index (χ4n) is 1.83. The Balaban J connectivity index is 2.62. The van der Waals surface area contributed by atoms with E-state index in [4.69, 9.17) is 15.2 Å². The highest BCUT2D eigenvalue weighted by molar-refractivity contribution is 9.10. The second-order valence-corrected chi connectivity index (χ2v) is 5.06. The molecule has 0 fully saturated rings. The topological polar surface area (TPSA) is 44.5 Å². The fourth-order valence-corrected chi connectivity index (χ4v) is 2.45. The lowest BCUT2D eigenvalue weighted by Gasteiger charge is -2.14. The first-order valence-electron chi connectivity index (χ1n) is 6.38. The van der Waals surface area contributed by atoms with E-state index in [-0.39, 0.29) is 0 Å². The molecule has 0 aliphatic carbocycles. The van der Waals surface area contributed by atoms with Gasteiger partial charge in [-0.3, -0.25) is 0 Å². The molecule has 0 aliphatic heterocycles. The molecule has 0 radical (unpaired) electrons. The molecule has 1 aromatic rings. The highest BCUT2D eigenvalue weighted by Crippen LogP contribution is 2.28. The molecule has 18 heavy (non-hydrogen) atoms. The highest BCUT2D eigenvalue weighted by atomic mass is 79.9. The van der Waals surface area contributed by atoms with Crippen molar-refractivity contribution in [2.24, 2.45) is 5.73 Å². The van der Waals surface area contributed by atoms with E-state index >= 15 is 0 Å². The smallest absolute Gasteiger partial charge is 0.125 e. The molecular formula is C14H22BrNO2. The maximum Gasteiger partial charge on any atom is 0.125 e. The fraction of sp³-hybridized carbons (Fsp3) is 0.571. The van der Waals surface area contributed by atoms with E-state index in [2.05, 4.69) is 35.0 Å². The van der Waals surface area contributed by atoms with Gasteiger partial charge in [0.05, 0.1) is 6.61 Å². The van der Waals surface area contributed by atoms with Crippen molar-refractivity contribution >= 4 is 15.9 Å². The van der Waals surface area contributed by atoms with Crippen LogP contribution in [-0.4, -0.2) is 26.4 Å². The quantitative estimate of drug-likeness (QED) is 0.750. The molecule has 1 rings (SSSR count). The maximum absolute atomic E-state index is 5.87. The maximum atomic E-state index is 5.87. The van der Waals surface area contributed by atoms with Crippen LogP contribution in [0, 0.1) is 6.92 Å². The van der Waals surface area contributed by atoms with Crippen LogP contribution in [0.1, 0.15) is 24.5 Å². The average Bonchev–Trinajstić information content (AvgIpc) is 2.32. The molecule has 0 saturated carbocycles. The molecule has 0 aromatic heterocycles. The Kier molecular flexibility index (Phi) is 7.32. The third kappa shape index (κ3) is 4.96. The van der Waals surface area contributed by atoms with Crippen molar-refractivity contribution in [1.82, 2.24) is 0 Å². The van der Waals surface area contributed by atoms with Gasteiger partial charge in [0, 0.05) is 24.1 Å². The van der Waals surface area contributed by atoms with E-state index in [1.54, 1.807) is 0 Å². The van der Waals surface area contributed by atoms with Crippen LogP contribution in [0.2, 0.25) is 0 Å². The van der Waals surface area contributed by atoms with E-state index in [0.29, 0.717) is 13.2 Å². The van der Waals surface area contributed by atoms with E-state index in [9.17, 15) is 0 Å². The van der Waals surface area contributed by atoms with Crippen LogP contribution in [0.4, 0.5) is 0 Å². The van der Waals surface area contributed by atoms with Gasteiger partial charge in [0.15, 0.2) is 0 Å². The average molecular weight is 316 g/mol. The van der Waals surface area contributed by atoms with Gasteiger partial charge >= 0.3 is 0 Å². The van der Waals surface area contributed by atoms with Crippen molar-refractivity contribution in [1.29, 1.82) is 0 Å². The number of halogens is 1. The number of nitrogens with two attached hydrogens (primary N) is 1. The first kappa shape index (κ1) is 15.5. The summed E-state index contributed by atoms with van der Waals surface area (Å²) in [5.74, 6) is 0.972. The van der Waals surface area contributed by atoms with Crippen LogP contribution in [0.3, 0.4) is 0 Å². The summed E-state index contributed by atoms with van der Waals surface area (Å²) in [5.41, 5.74) is 7.94. The number of rotatable bonds is 8. The van der Waals surface area contributed by atoms with Crippen LogP contribution in [0.25, 0.3) is 0 Å². The van der Waals surface area contributed by atoms with Crippen molar-refractivity contribution in [2.45, 2.75) is 26.7 Å². The number of hydrogen-bond acceptors (Lipinski definition) is 3. The summed E-state index contributed by atoms with van der Waals surface area (Å²) >= 11 is 3.50. The second-order valence-electron chi connectivity index (χ2n) is 4.15. The molecule has 0 spiro atoms. The summed E-state index contributed by atoms with van der Waals surface area (Å²) in [6.07, 6.45) is 1.74. The zero-order valence-corrected chi connectivity index (χ0v) is 12.8. The van der Waals surface area contributed by atoms with E-state index in [0.717, 1.165) is 41.8 Å². The van der Waals surface area contributed by atoms with Gasteiger partial charge in [0.1, 0.15) is 5.75 Å². The lowest BCUT2D eigenvalue weighted by Crippen LogP contribution is -2.08. The lowest BCUT2D eigenvalue weighted by atomic mass is 10.1. The Morgan fingerprint density at radius 3 is 2.72 bits per heavy atom. The highest BCUT2D eigenvalue weighted by Gasteiger charge is 2.08. The summed E-state index contributed by atoms with van der Waals surface area (Å²) < 4.78 is 12.2. The first-order chi connectivity index (χ1) is 8.69. The van der Waals surface area contributed by atoms with Gasteiger partial charge in [-0.1, -0.05) is 15.9 Å². The van der Waals surface area contributed by atoms with Gasteiger partial charge < -0.3 is 15.2 Å². The SMILES string of the molecule is CCOCCCOc1c(C)cc(Br)cc1CCN. The molecule has 0 atom stereocenters. The van der Waals surface area contributed by atoms with Crippen molar-refractivity contribution in [3.63, 3.8) is 0 Å². The number of ether oxygens (including phenoxy) is 2. The Hall–Kier alpha value is -0.580. The molecule has 102 valence electrons. The van der Waals surface area contributed by atoms with Crippen molar-refractivity contribution in [2.75, 3.05) is 26.4 Å². The largest absolute Gasteiger partial charge is 0.493 e. The van der Waals surface area contributed by atoms with Gasteiger partial charge in [-0.05, 0) is 50.1 Å². The van der Waals surface area contributed by atoms with Gasteiger partial charge in [-0.15, -0.1) is 0 Å². The number of aryl methyl sites for hydroxylation is 1. The molecule has 0 saturated heterocycles. The van der Waals surface area contributed by atoms with Gasteiger partial charge in [-0.25, -0.2) is 0 Å². The third-order valence-electron chi connectivity index (χ3n) is 2.61. The Labute approximate surface area is 118 Å². The normalized spacial score (nSPS) is 10.7. The zero-order chi connectivity index (χ0) is 13.4. The monoisotopic (exact) mass is 315 g/mol. The molecule has 0 amide bonds. The number of hydrogen-bond donors (Lipinski definition) is 1. The summed E-state index contributed by atoms with van der Waals surface area (Å²) in [7, 11) is 0. The van der Waals surface area contributed by atoms with Gasteiger partial charge in [-0.2, -0.15) is 0 Å². The van der Waals surface area contributed by atoms with Gasteiger partial charge in [0.2, 0.25) is 0 Å². The molecule has 3 nitrogen and oxygen atoms in total. The minimum atomic E-state index is 0.630. The van der Waals surface area contributed by atoms with Crippen LogP contribution in [0.5, 0.6) is 5.75 Å². The summed E-state index contributed by atoms with van der Waals surface area (Å²) in [6.45, 7) is 6.88. The standard InChI is InChI=1S/C14H22BrNO2/c1-3-17-7-4-8-18-14-11(2)9-13(15)10-12(14)5-6-16/h9-10H,3-8,16H2,1-2H3. The molecule has 0 heterocycles. The summed E-state index contributed by atoms with van der Waals surface area (Å²) in [4.78, 5) is 0. The second kappa shape index (κ2) is 8.51. The van der Waals surface area contributed by atoms with Crippen LogP contribution >= 0.6 is 15.9 Å². The predicted molar refractivity (Wildman–Crippen MR) is 78.2 cm³/mol. The van der Waals surface area contributed by atoms with E-state index in [1.165, 1.54) is 5.56 Å². The molecule has 0 bridgehead atoms. The first-order valence-corrected chi connectivity index (χ1v) is 7.18. The third-order valence-corrected chi connectivity index (χ3v) is 3.07. The van der Waals surface area contributed by atoms with Crippen LogP contribution < -0.4 is 10.5 Å². The zero-order valence-electron chi connectivity index (χ0n) is 11.2. The van der Waals surface area contributed by atoms with Crippen molar-refractivity contribution < 1.29 is 9.47 Å². The molecule has 0 aliphatic rings. The molecule has 2 N–H and O–H groups in total. The molecular weight excluding hydrogens is 294 g/mol. The van der Waals surface area contributed by atoms with E-state index < -0.39 is 0 Å². The van der Waals surface area contributed by atoms with E-state index in [1.807, 2.05) is 6.92 Å². The van der Waals surface area contributed by atoms with Crippen LogP contribution in [-0.2, 0) is 11.2 Å². The van der Waals surface area contributed by atoms with Crippen molar-refractivity contribution in [3.05, 3.63) is 27.7 Å². The number of benzene rings is 1. The summed E-state index contributed by atoms with van der Waals surface area (Å²) in [5, 5.41) is 0. The lowest BCUT2D eigenvalue weighted by molar-refractivity contribution is 0.130. The predicted octanol–water partition coefficient (Wildman–Crippen LogP) is 3.06. The Morgan fingerprint density at radius 2 is 2.06 bits per heavy atom. The summed E-state index contributed by atoms with van der Waals surface area (Å²) in [6, 6.07) is 4.15.